The average Bonchev–Trinajstić information content (AvgIpc) is 2.77. The van der Waals surface area contributed by atoms with E-state index in [0.717, 1.165) is 18.4 Å². The maximum Gasteiger partial charge on any atom is 0.0943 e. The largest absolute Gasteiger partial charge is 0.387 e. The van der Waals surface area contributed by atoms with E-state index in [9.17, 15) is 5.11 Å². The summed E-state index contributed by atoms with van der Waals surface area (Å²) < 4.78 is 0. The van der Waals surface area contributed by atoms with Gasteiger partial charge in [0.25, 0.3) is 0 Å². The third-order valence-corrected chi connectivity index (χ3v) is 3.72. The Labute approximate surface area is 108 Å². The van der Waals surface area contributed by atoms with Gasteiger partial charge >= 0.3 is 0 Å². The van der Waals surface area contributed by atoms with Crippen LogP contribution in [0.1, 0.15) is 44.3 Å². The lowest BCUT2D eigenvalue weighted by molar-refractivity contribution is 0.135. The molecule has 17 heavy (non-hydrogen) atoms. The van der Waals surface area contributed by atoms with Gasteiger partial charge in [-0.1, -0.05) is 37.1 Å². The van der Waals surface area contributed by atoms with Crippen LogP contribution in [0.25, 0.3) is 0 Å². The van der Waals surface area contributed by atoms with Crippen molar-refractivity contribution in [2.24, 2.45) is 0 Å². The number of benzene rings is 1. The van der Waals surface area contributed by atoms with Gasteiger partial charge in [0, 0.05) is 17.1 Å². The molecule has 0 saturated carbocycles. The lowest BCUT2D eigenvalue weighted by Crippen LogP contribution is -2.33. The summed E-state index contributed by atoms with van der Waals surface area (Å²) in [6.45, 7) is 2.20. The van der Waals surface area contributed by atoms with Crippen LogP contribution >= 0.6 is 11.6 Å². The van der Waals surface area contributed by atoms with E-state index in [1.54, 1.807) is 0 Å². The Morgan fingerprint density at radius 2 is 2.29 bits per heavy atom. The molecule has 1 saturated heterocycles. The van der Waals surface area contributed by atoms with Crippen LogP contribution in [0, 0.1) is 0 Å². The molecule has 2 nitrogen and oxygen atoms in total. The Morgan fingerprint density at radius 3 is 3.00 bits per heavy atom. The minimum Gasteiger partial charge on any atom is -0.387 e. The number of rotatable bonds is 4. The number of aliphatic hydroxyl groups excluding tert-OH is 1. The van der Waals surface area contributed by atoms with E-state index >= 15 is 0 Å². The van der Waals surface area contributed by atoms with E-state index in [1.165, 1.54) is 12.8 Å². The Hall–Kier alpha value is -0.570. The highest BCUT2D eigenvalue weighted by Gasteiger charge is 2.29. The van der Waals surface area contributed by atoms with Crippen LogP contribution in [0.15, 0.2) is 24.3 Å². The summed E-state index contributed by atoms with van der Waals surface area (Å²) in [5.41, 5.74) is 0.909. The molecule has 0 spiro atoms. The predicted octanol–water partition coefficient (Wildman–Crippen LogP) is 3.29. The molecule has 1 heterocycles. The summed E-state index contributed by atoms with van der Waals surface area (Å²) in [5.74, 6) is 0. The third-order valence-electron chi connectivity index (χ3n) is 3.48. The van der Waals surface area contributed by atoms with Crippen molar-refractivity contribution in [3.8, 4) is 0 Å². The first kappa shape index (κ1) is 12.9. The highest BCUT2D eigenvalue weighted by Crippen LogP contribution is 2.27. The second-order valence-electron chi connectivity index (χ2n) is 4.84. The van der Waals surface area contributed by atoms with Crippen molar-refractivity contribution in [3.63, 3.8) is 0 Å². The fraction of sp³-hybridized carbons (Fsp3) is 0.571. The van der Waals surface area contributed by atoms with E-state index in [4.69, 9.17) is 11.6 Å². The van der Waals surface area contributed by atoms with Crippen LogP contribution in [-0.2, 0) is 0 Å². The second kappa shape index (κ2) is 5.85. The SMILES string of the molecule is CCC[C@@H]1CC[C@H](C(O)c2cccc(Cl)c2)N1. The van der Waals surface area contributed by atoms with E-state index in [1.807, 2.05) is 24.3 Å². The molecule has 1 aromatic carbocycles. The maximum atomic E-state index is 10.3. The van der Waals surface area contributed by atoms with Crippen LogP contribution in [0.5, 0.6) is 0 Å². The van der Waals surface area contributed by atoms with Crippen molar-refractivity contribution in [2.75, 3.05) is 0 Å². The Balaban J connectivity index is 1.99. The van der Waals surface area contributed by atoms with E-state index in [-0.39, 0.29) is 6.04 Å². The van der Waals surface area contributed by atoms with Gasteiger partial charge in [-0.15, -0.1) is 0 Å². The zero-order valence-corrected chi connectivity index (χ0v) is 11.0. The number of nitrogens with one attached hydrogen (secondary N) is 1. The molecule has 3 atom stereocenters. The maximum absolute atomic E-state index is 10.3. The summed E-state index contributed by atoms with van der Waals surface area (Å²) in [5, 5.41) is 14.5. The first-order valence-corrected chi connectivity index (χ1v) is 6.78. The third kappa shape index (κ3) is 3.21. The second-order valence-corrected chi connectivity index (χ2v) is 5.27. The Kier molecular flexibility index (Phi) is 4.43. The Bertz CT molecular complexity index is 369. The van der Waals surface area contributed by atoms with Crippen molar-refractivity contribution in [1.29, 1.82) is 0 Å². The molecule has 0 aliphatic carbocycles. The zero-order chi connectivity index (χ0) is 12.3. The summed E-state index contributed by atoms with van der Waals surface area (Å²) >= 11 is 5.94. The van der Waals surface area contributed by atoms with Gasteiger partial charge in [0.1, 0.15) is 0 Å². The lowest BCUT2D eigenvalue weighted by atomic mass is 10.0. The molecule has 3 heteroatoms. The van der Waals surface area contributed by atoms with Crippen LogP contribution in [0.3, 0.4) is 0 Å². The number of hydrogen-bond donors (Lipinski definition) is 2. The Morgan fingerprint density at radius 1 is 1.47 bits per heavy atom. The molecule has 1 unspecified atom stereocenters. The molecule has 1 aliphatic rings. The van der Waals surface area contributed by atoms with Crippen molar-refractivity contribution in [3.05, 3.63) is 34.9 Å². The molecular formula is C14H20ClNO. The van der Waals surface area contributed by atoms with Gasteiger partial charge < -0.3 is 10.4 Å². The number of hydrogen-bond acceptors (Lipinski definition) is 2. The lowest BCUT2D eigenvalue weighted by Gasteiger charge is -2.20. The minimum absolute atomic E-state index is 0.171. The molecule has 0 radical (unpaired) electrons. The van der Waals surface area contributed by atoms with E-state index in [2.05, 4.69) is 12.2 Å². The molecule has 1 aliphatic heterocycles. The highest BCUT2D eigenvalue weighted by atomic mass is 35.5. The quantitative estimate of drug-likeness (QED) is 0.863. The number of halogens is 1. The van der Waals surface area contributed by atoms with Crippen LogP contribution in [-0.4, -0.2) is 17.2 Å². The van der Waals surface area contributed by atoms with Crippen LogP contribution in [0.2, 0.25) is 5.02 Å². The molecular weight excluding hydrogens is 234 g/mol. The fourth-order valence-electron chi connectivity index (χ4n) is 2.60. The van der Waals surface area contributed by atoms with E-state index in [0.29, 0.717) is 11.1 Å². The summed E-state index contributed by atoms with van der Waals surface area (Å²) in [7, 11) is 0. The van der Waals surface area contributed by atoms with Crippen LogP contribution < -0.4 is 5.32 Å². The van der Waals surface area contributed by atoms with Crippen molar-refractivity contribution < 1.29 is 5.11 Å². The van der Waals surface area contributed by atoms with Gasteiger partial charge in [0.15, 0.2) is 0 Å². The van der Waals surface area contributed by atoms with Gasteiger partial charge in [-0.2, -0.15) is 0 Å². The topological polar surface area (TPSA) is 32.3 Å². The fourth-order valence-corrected chi connectivity index (χ4v) is 2.80. The molecule has 94 valence electrons. The van der Waals surface area contributed by atoms with Gasteiger partial charge in [0.2, 0.25) is 0 Å². The van der Waals surface area contributed by atoms with Crippen molar-refractivity contribution in [2.45, 2.75) is 50.8 Å². The molecule has 2 rings (SSSR count). The predicted molar refractivity (Wildman–Crippen MR) is 71.3 cm³/mol. The molecule has 1 aromatic rings. The molecule has 0 bridgehead atoms. The molecule has 1 fully saturated rings. The standard InChI is InChI=1S/C14H20ClNO/c1-2-4-12-7-8-13(16-12)14(17)10-5-3-6-11(15)9-10/h3,5-6,9,12-14,16-17H,2,4,7-8H2,1H3/t12-,13-,14?/m1/s1. The summed E-state index contributed by atoms with van der Waals surface area (Å²) in [6, 6.07) is 8.25. The smallest absolute Gasteiger partial charge is 0.0943 e. The average molecular weight is 254 g/mol. The minimum atomic E-state index is -0.449. The number of aliphatic hydroxyl groups is 1. The van der Waals surface area contributed by atoms with Gasteiger partial charge in [-0.25, -0.2) is 0 Å². The molecule has 0 amide bonds. The summed E-state index contributed by atoms with van der Waals surface area (Å²) in [4.78, 5) is 0. The first-order valence-electron chi connectivity index (χ1n) is 6.40. The van der Waals surface area contributed by atoms with Gasteiger partial charge in [0.05, 0.1) is 6.10 Å². The highest BCUT2D eigenvalue weighted by molar-refractivity contribution is 6.30. The van der Waals surface area contributed by atoms with Crippen molar-refractivity contribution in [1.82, 2.24) is 5.32 Å². The van der Waals surface area contributed by atoms with Gasteiger partial charge in [-0.3, -0.25) is 0 Å². The van der Waals surface area contributed by atoms with E-state index < -0.39 is 6.10 Å². The monoisotopic (exact) mass is 253 g/mol. The summed E-state index contributed by atoms with van der Waals surface area (Å²) in [6.07, 6.45) is 4.14. The van der Waals surface area contributed by atoms with Gasteiger partial charge in [-0.05, 0) is 37.0 Å². The molecule has 0 aromatic heterocycles. The zero-order valence-electron chi connectivity index (χ0n) is 10.2. The normalized spacial score (nSPS) is 26.1. The van der Waals surface area contributed by atoms with Crippen molar-refractivity contribution >= 4 is 11.6 Å². The molecule has 2 N–H and O–H groups in total. The first-order chi connectivity index (χ1) is 8.20. The van der Waals surface area contributed by atoms with Crippen LogP contribution in [0.4, 0.5) is 0 Å².